The van der Waals surface area contributed by atoms with Crippen LogP contribution < -0.4 is 10.6 Å². The summed E-state index contributed by atoms with van der Waals surface area (Å²) >= 11 is 0. The molecule has 0 saturated carbocycles. The van der Waals surface area contributed by atoms with E-state index in [-0.39, 0.29) is 0 Å². The monoisotopic (exact) mass is 214 g/mol. The van der Waals surface area contributed by atoms with Crippen LogP contribution in [0, 0.1) is 0 Å². The molecule has 82 valence electrons. The number of para-hydroxylation sites is 1. The number of rotatable bonds is 4. The van der Waals surface area contributed by atoms with Crippen molar-refractivity contribution in [2.24, 2.45) is 0 Å². The van der Waals surface area contributed by atoms with Crippen molar-refractivity contribution in [3.8, 4) is 0 Å². The Kier molecular flexibility index (Phi) is 3.53. The third-order valence-corrected chi connectivity index (χ3v) is 2.28. The number of hydrogen-bond acceptors (Lipinski definition) is 3. The van der Waals surface area contributed by atoms with Gasteiger partial charge in [0.05, 0.1) is 5.69 Å². The van der Waals surface area contributed by atoms with E-state index in [4.69, 9.17) is 0 Å². The van der Waals surface area contributed by atoms with Crippen molar-refractivity contribution in [3.63, 3.8) is 0 Å². The van der Waals surface area contributed by atoms with Crippen molar-refractivity contribution in [2.75, 3.05) is 5.17 Å². The third-order valence-electron chi connectivity index (χ3n) is 2.28. The summed E-state index contributed by atoms with van der Waals surface area (Å²) < 4.78 is 0. The molecular formula is C13H14N2O. The van der Waals surface area contributed by atoms with Crippen molar-refractivity contribution in [1.29, 1.82) is 0 Å². The maximum Gasteiger partial charge on any atom is 0.0820 e. The van der Waals surface area contributed by atoms with Gasteiger partial charge in [0.15, 0.2) is 0 Å². The number of nitrogens with zero attached hydrogens (tertiary/aromatic N) is 1. The average Bonchev–Trinajstić information content (AvgIpc) is 2.38. The van der Waals surface area contributed by atoms with Gasteiger partial charge in [0.25, 0.3) is 0 Å². The zero-order valence-corrected chi connectivity index (χ0v) is 8.88. The number of hydrogen-bond donors (Lipinski definition) is 2. The lowest BCUT2D eigenvalue weighted by atomic mass is 10.2. The second-order valence-electron chi connectivity index (χ2n) is 3.47. The van der Waals surface area contributed by atoms with Gasteiger partial charge >= 0.3 is 0 Å². The summed E-state index contributed by atoms with van der Waals surface area (Å²) in [7, 11) is 0. The SMILES string of the molecule is ON(NCc1ccccc1)c1ccccc1. The van der Waals surface area contributed by atoms with E-state index < -0.39 is 0 Å². The van der Waals surface area contributed by atoms with Gasteiger partial charge in [-0.25, -0.2) is 5.43 Å². The molecule has 0 unspecified atom stereocenters. The lowest BCUT2D eigenvalue weighted by Crippen LogP contribution is -2.34. The minimum atomic E-state index is 0.590. The summed E-state index contributed by atoms with van der Waals surface area (Å²) in [5.74, 6) is 0. The Morgan fingerprint density at radius 3 is 2.06 bits per heavy atom. The molecule has 0 spiro atoms. The van der Waals surface area contributed by atoms with Crippen LogP contribution in [0.25, 0.3) is 0 Å². The third kappa shape index (κ3) is 2.82. The van der Waals surface area contributed by atoms with E-state index in [0.29, 0.717) is 6.54 Å². The van der Waals surface area contributed by atoms with Crippen molar-refractivity contribution >= 4 is 5.69 Å². The van der Waals surface area contributed by atoms with E-state index in [9.17, 15) is 5.21 Å². The highest BCUT2D eigenvalue weighted by molar-refractivity contribution is 5.41. The van der Waals surface area contributed by atoms with Gasteiger partial charge in [0.2, 0.25) is 0 Å². The van der Waals surface area contributed by atoms with Gasteiger partial charge in [0.1, 0.15) is 0 Å². The van der Waals surface area contributed by atoms with Crippen LogP contribution in [0.15, 0.2) is 60.7 Å². The molecule has 0 aromatic heterocycles. The van der Waals surface area contributed by atoms with E-state index in [0.717, 1.165) is 16.4 Å². The highest BCUT2D eigenvalue weighted by Gasteiger charge is 2.00. The van der Waals surface area contributed by atoms with Gasteiger partial charge in [-0.3, -0.25) is 5.21 Å². The first-order chi connectivity index (χ1) is 7.86. The molecule has 0 amide bonds. The Hall–Kier alpha value is -1.84. The molecule has 0 radical (unpaired) electrons. The molecule has 16 heavy (non-hydrogen) atoms. The molecule has 0 atom stereocenters. The number of hydrazine groups is 1. The van der Waals surface area contributed by atoms with E-state index in [1.54, 1.807) is 0 Å². The number of benzene rings is 2. The molecule has 0 aliphatic rings. The van der Waals surface area contributed by atoms with E-state index in [1.165, 1.54) is 0 Å². The van der Waals surface area contributed by atoms with Crippen LogP contribution in [-0.2, 0) is 6.54 Å². The van der Waals surface area contributed by atoms with Crippen LogP contribution in [-0.4, -0.2) is 5.21 Å². The Morgan fingerprint density at radius 2 is 1.44 bits per heavy atom. The average molecular weight is 214 g/mol. The van der Waals surface area contributed by atoms with E-state index in [1.807, 2.05) is 60.7 Å². The smallest absolute Gasteiger partial charge is 0.0820 e. The molecule has 0 heterocycles. The van der Waals surface area contributed by atoms with Crippen molar-refractivity contribution < 1.29 is 5.21 Å². The molecule has 0 saturated heterocycles. The predicted octanol–water partition coefficient (Wildman–Crippen LogP) is 2.59. The van der Waals surface area contributed by atoms with Gasteiger partial charge in [0, 0.05) is 6.54 Å². The molecule has 2 rings (SSSR count). The summed E-state index contributed by atoms with van der Waals surface area (Å²) in [6.07, 6.45) is 0. The summed E-state index contributed by atoms with van der Waals surface area (Å²) in [5.41, 5.74) is 4.75. The zero-order chi connectivity index (χ0) is 11.2. The van der Waals surface area contributed by atoms with Gasteiger partial charge in [-0.1, -0.05) is 48.5 Å². The molecule has 2 N–H and O–H groups in total. The van der Waals surface area contributed by atoms with Gasteiger partial charge in [-0.05, 0) is 17.7 Å². The maximum absolute atomic E-state index is 9.70. The van der Waals surface area contributed by atoms with Gasteiger partial charge in [-0.15, -0.1) is 0 Å². The summed E-state index contributed by atoms with van der Waals surface area (Å²) in [4.78, 5) is 0. The van der Waals surface area contributed by atoms with Gasteiger partial charge in [-0.2, -0.15) is 5.17 Å². The second-order valence-corrected chi connectivity index (χ2v) is 3.47. The minimum absolute atomic E-state index is 0.590. The van der Waals surface area contributed by atoms with Crippen LogP contribution in [0.5, 0.6) is 0 Å². The lowest BCUT2D eigenvalue weighted by molar-refractivity contribution is 0.209. The fourth-order valence-electron chi connectivity index (χ4n) is 1.42. The predicted molar refractivity (Wildman–Crippen MR) is 64.0 cm³/mol. The maximum atomic E-state index is 9.70. The Labute approximate surface area is 94.9 Å². The Balaban J connectivity index is 1.92. The molecule has 0 fully saturated rings. The molecule has 0 aliphatic carbocycles. The Bertz CT molecular complexity index is 416. The Morgan fingerprint density at radius 1 is 0.875 bits per heavy atom. The lowest BCUT2D eigenvalue weighted by Gasteiger charge is -2.17. The van der Waals surface area contributed by atoms with Gasteiger partial charge < -0.3 is 0 Å². The second kappa shape index (κ2) is 5.30. The molecular weight excluding hydrogens is 200 g/mol. The van der Waals surface area contributed by atoms with Crippen LogP contribution >= 0.6 is 0 Å². The van der Waals surface area contributed by atoms with Crippen molar-refractivity contribution in [1.82, 2.24) is 5.43 Å². The molecule has 0 aliphatic heterocycles. The fourth-order valence-corrected chi connectivity index (χ4v) is 1.42. The highest BCUT2D eigenvalue weighted by Crippen LogP contribution is 2.08. The summed E-state index contributed by atoms with van der Waals surface area (Å²) in [6.45, 7) is 0.590. The normalized spacial score (nSPS) is 10.1. The van der Waals surface area contributed by atoms with E-state index >= 15 is 0 Å². The van der Waals surface area contributed by atoms with E-state index in [2.05, 4.69) is 5.43 Å². The minimum Gasteiger partial charge on any atom is -0.273 e. The molecule has 3 nitrogen and oxygen atoms in total. The van der Waals surface area contributed by atoms with Crippen molar-refractivity contribution in [2.45, 2.75) is 6.54 Å². The largest absolute Gasteiger partial charge is 0.273 e. The zero-order valence-electron chi connectivity index (χ0n) is 8.88. The fraction of sp³-hybridized carbons (Fsp3) is 0.0769. The van der Waals surface area contributed by atoms with Crippen LogP contribution in [0.1, 0.15) is 5.56 Å². The first kappa shape index (κ1) is 10.7. The molecule has 3 heteroatoms. The highest BCUT2D eigenvalue weighted by atomic mass is 16.5. The number of nitrogens with one attached hydrogen (secondary N) is 1. The topological polar surface area (TPSA) is 35.5 Å². The number of anilines is 1. The van der Waals surface area contributed by atoms with Crippen LogP contribution in [0.4, 0.5) is 5.69 Å². The molecule has 2 aromatic carbocycles. The standard InChI is InChI=1S/C13H14N2O/c16-15(13-9-5-2-6-10-13)14-11-12-7-3-1-4-8-12/h1-10,14,16H,11H2. The first-order valence-electron chi connectivity index (χ1n) is 5.18. The van der Waals surface area contributed by atoms with Crippen LogP contribution in [0.2, 0.25) is 0 Å². The summed E-state index contributed by atoms with van der Waals surface area (Å²) in [5, 5.41) is 10.7. The van der Waals surface area contributed by atoms with Crippen molar-refractivity contribution in [3.05, 3.63) is 66.2 Å². The molecule has 0 bridgehead atoms. The summed E-state index contributed by atoms with van der Waals surface area (Å²) in [6, 6.07) is 19.3. The first-order valence-corrected chi connectivity index (χ1v) is 5.18. The van der Waals surface area contributed by atoms with Crippen LogP contribution in [0.3, 0.4) is 0 Å². The molecule has 2 aromatic rings. The quantitative estimate of drug-likeness (QED) is 0.768.